The van der Waals surface area contributed by atoms with E-state index in [-0.39, 0.29) is 12.1 Å². The summed E-state index contributed by atoms with van der Waals surface area (Å²) in [6, 6.07) is 10.4. The fourth-order valence-electron chi connectivity index (χ4n) is 4.79. The number of anilines is 1. The molecule has 1 saturated heterocycles. The summed E-state index contributed by atoms with van der Waals surface area (Å²) in [4.78, 5) is 23.7. The fraction of sp³-hybridized carbons (Fsp3) is 0.600. The zero-order valence-corrected chi connectivity index (χ0v) is 24.4. The van der Waals surface area contributed by atoms with Crippen molar-refractivity contribution in [1.82, 2.24) is 20.1 Å². The van der Waals surface area contributed by atoms with E-state index in [1.54, 1.807) is 6.20 Å². The van der Waals surface area contributed by atoms with Crippen LogP contribution in [0.25, 0.3) is 0 Å². The molecular weight excluding hydrogens is 478 g/mol. The van der Waals surface area contributed by atoms with Crippen molar-refractivity contribution < 1.29 is 14.3 Å². The fourth-order valence-corrected chi connectivity index (χ4v) is 4.79. The summed E-state index contributed by atoms with van der Waals surface area (Å²) in [5.74, 6) is 0.898. The van der Waals surface area contributed by atoms with E-state index in [2.05, 4.69) is 52.3 Å². The molecule has 1 unspecified atom stereocenters. The van der Waals surface area contributed by atoms with Crippen LogP contribution in [0.5, 0.6) is 5.75 Å². The molecular formula is C30H47N5O3. The quantitative estimate of drug-likeness (QED) is 0.596. The van der Waals surface area contributed by atoms with Gasteiger partial charge in [-0.15, -0.1) is 0 Å². The van der Waals surface area contributed by atoms with Gasteiger partial charge in [0, 0.05) is 51.2 Å². The highest BCUT2D eigenvalue weighted by atomic mass is 16.6. The normalized spacial score (nSPS) is 17.8. The number of pyridine rings is 1. The van der Waals surface area contributed by atoms with E-state index in [1.807, 2.05) is 51.8 Å². The summed E-state index contributed by atoms with van der Waals surface area (Å²) in [7, 11) is 4.12. The first kappa shape index (κ1) is 29.7. The number of rotatable bonds is 6. The summed E-state index contributed by atoms with van der Waals surface area (Å²) in [5, 5.41) is 3.25. The van der Waals surface area contributed by atoms with Crippen molar-refractivity contribution in [3.8, 4) is 5.75 Å². The topological polar surface area (TPSA) is 70.2 Å². The van der Waals surface area contributed by atoms with E-state index in [9.17, 15) is 4.79 Å². The van der Waals surface area contributed by atoms with Crippen molar-refractivity contribution in [1.29, 1.82) is 0 Å². The third-order valence-electron chi connectivity index (χ3n) is 6.80. The average molecular weight is 526 g/mol. The largest absolute Gasteiger partial charge is 0.492 e. The van der Waals surface area contributed by atoms with E-state index in [1.165, 1.54) is 16.8 Å². The lowest BCUT2D eigenvalue weighted by atomic mass is 9.92. The number of piperazine rings is 1. The highest BCUT2D eigenvalue weighted by Gasteiger charge is 2.34. The number of carbonyl (C=O) groups excluding carboxylic acids is 1. The highest BCUT2D eigenvalue weighted by Crippen LogP contribution is 2.33. The lowest BCUT2D eigenvalue weighted by molar-refractivity contribution is 0.0122. The van der Waals surface area contributed by atoms with Gasteiger partial charge in [0.05, 0.1) is 18.3 Å². The van der Waals surface area contributed by atoms with Crippen molar-refractivity contribution >= 4 is 11.8 Å². The molecule has 1 N–H and O–H groups in total. The maximum Gasteiger partial charge on any atom is 0.410 e. The van der Waals surface area contributed by atoms with Gasteiger partial charge < -0.3 is 24.6 Å². The number of carbonyl (C=O) groups is 1. The summed E-state index contributed by atoms with van der Waals surface area (Å²) >= 11 is 0. The second-order valence-electron chi connectivity index (χ2n) is 11.2. The van der Waals surface area contributed by atoms with Gasteiger partial charge in [0.2, 0.25) is 0 Å². The van der Waals surface area contributed by atoms with E-state index in [4.69, 9.17) is 9.47 Å². The number of likely N-dealkylation sites (N-methyl/N-ethyl adjacent to an activating group) is 2. The summed E-state index contributed by atoms with van der Waals surface area (Å²) in [6.45, 7) is 16.2. The number of hydrogen-bond acceptors (Lipinski definition) is 7. The van der Waals surface area contributed by atoms with Crippen LogP contribution < -0.4 is 15.0 Å². The zero-order valence-electron chi connectivity index (χ0n) is 24.4. The Morgan fingerprint density at radius 3 is 2.50 bits per heavy atom. The Kier molecular flexibility index (Phi) is 10.8. The predicted molar refractivity (Wildman–Crippen MR) is 154 cm³/mol. The van der Waals surface area contributed by atoms with Gasteiger partial charge in [-0.1, -0.05) is 19.1 Å². The van der Waals surface area contributed by atoms with Crippen LogP contribution in [0.1, 0.15) is 50.9 Å². The predicted octanol–water partition coefficient (Wildman–Crippen LogP) is 4.50. The van der Waals surface area contributed by atoms with Crippen molar-refractivity contribution in [3.05, 3.63) is 53.3 Å². The highest BCUT2D eigenvalue weighted by molar-refractivity contribution is 5.70. The third-order valence-corrected chi connectivity index (χ3v) is 6.80. The standard InChI is InChI=1S/C21H34N4O2.C9H13NO/c1-21(2,3)27-20(26)25-15-16-7-6-8-19(18(16)13-17(25)14-22-4)24-11-9-23(5)10-12-24;1-3-7-11-9-5-4-6-10-8(9)2/h6-8,17,22H,9-15H2,1-5H3;4-6H,3,7H2,1-2H3. The number of nitrogens with one attached hydrogen (secondary N) is 1. The minimum Gasteiger partial charge on any atom is -0.492 e. The molecule has 38 heavy (non-hydrogen) atoms. The first-order valence-corrected chi connectivity index (χ1v) is 13.9. The van der Waals surface area contributed by atoms with Crippen molar-refractivity contribution in [3.63, 3.8) is 0 Å². The molecule has 1 atom stereocenters. The number of aryl methyl sites for hydroxylation is 1. The second-order valence-corrected chi connectivity index (χ2v) is 11.2. The van der Waals surface area contributed by atoms with Crippen LogP contribution in [0, 0.1) is 6.92 Å². The Morgan fingerprint density at radius 1 is 1.13 bits per heavy atom. The first-order chi connectivity index (χ1) is 18.1. The van der Waals surface area contributed by atoms with Crippen LogP contribution in [0.15, 0.2) is 36.5 Å². The van der Waals surface area contributed by atoms with E-state index >= 15 is 0 Å². The van der Waals surface area contributed by atoms with Gasteiger partial charge in [-0.25, -0.2) is 4.79 Å². The molecule has 0 spiro atoms. The van der Waals surface area contributed by atoms with Gasteiger partial charge in [-0.2, -0.15) is 0 Å². The van der Waals surface area contributed by atoms with E-state index in [0.717, 1.165) is 63.6 Å². The monoisotopic (exact) mass is 525 g/mol. The Bertz CT molecular complexity index is 1030. The molecule has 0 aliphatic carbocycles. The maximum atomic E-state index is 12.8. The molecule has 1 aromatic heterocycles. The van der Waals surface area contributed by atoms with Gasteiger partial charge in [0.15, 0.2) is 0 Å². The number of fused-ring (bicyclic) bond motifs is 1. The number of aromatic nitrogens is 1. The van der Waals surface area contributed by atoms with Crippen LogP contribution >= 0.6 is 0 Å². The molecule has 1 aromatic carbocycles. The molecule has 0 saturated carbocycles. The lowest BCUT2D eigenvalue weighted by Crippen LogP contribution is -2.51. The SMILES string of the molecule is CCCOc1cccnc1C.CNCC1Cc2c(cccc2N2CCN(C)CC2)CN1C(=O)OC(C)(C)C. The Labute approximate surface area is 229 Å². The van der Waals surface area contributed by atoms with E-state index < -0.39 is 5.60 Å². The molecule has 4 rings (SSSR count). The maximum absolute atomic E-state index is 12.8. The number of nitrogens with zero attached hydrogens (tertiary/aromatic N) is 4. The van der Waals surface area contributed by atoms with Crippen molar-refractivity contribution in [2.24, 2.45) is 0 Å². The van der Waals surface area contributed by atoms with Gasteiger partial charge in [-0.05, 0) is 84.0 Å². The average Bonchev–Trinajstić information content (AvgIpc) is 2.88. The summed E-state index contributed by atoms with van der Waals surface area (Å²) < 4.78 is 11.1. The van der Waals surface area contributed by atoms with Crippen LogP contribution in [0.4, 0.5) is 10.5 Å². The number of benzene rings is 1. The molecule has 1 amide bonds. The molecule has 210 valence electrons. The number of amides is 1. The lowest BCUT2D eigenvalue weighted by Gasteiger charge is -2.41. The van der Waals surface area contributed by atoms with Gasteiger partial charge >= 0.3 is 6.09 Å². The molecule has 2 aliphatic rings. The smallest absolute Gasteiger partial charge is 0.410 e. The van der Waals surface area contributed by atoms with Gasteiger partial charge in [0.1, 0.15) is 11.4 Å². The number of hydrogen-bond donors (Lipinski definition) is 1. The Balaban J connectivity index is 0.000000304. The molecule has 0 bridgehead atoms. The van der Waals surface area contributed by atoms with Gasteiger partial charge in [-0.3, -0.25) is 9.88 Å². The zero-order chi connectivity index (χ0) is 27.7. The van der Waals surface area contributed by atoms with Crippen LogP contribution in [0.3, 0.4) is 0 Å². The molecule has 2 aliphatic heterocycles. The first-order valence-electron chi connectivity index (χ1n) is 13.9. The molecule has 3 heterocycles. The molecule has 8 nitrogen and oxygen atoms in total. The third kappa shape index (κ3) is 8.33. The molecule has 8 heteroatoms. The Hall–Kier alpha value is -2.84. The second kappa shape index (κ2) is 13.8. The minimum atomic E-state index is -0.483. The molecule has 1 fully saturated rings. The van der Waals surface area contributed by atoms with Crippen LogP contribution in [-0.2, 0) is 17.7 Å². The molecule has 2 aromatic rings. The van der Waals surface area contributed by atoms with Crippen LogP contribution in [0.2, 0.25) is 0 Å². The minimum absolute atomic E-state index is 0.103. The van der Waals surface area contributed by atoms with E-state index in [0.29, 0.717) is 6.54 Å². The van der Waals surface area contributed by atoms with Crippen molar-refractivity contribution in [2.45, 2.75) is 65.6 Å². The van der Waals surface area contributed by atoms with Gasteiger partial charge in [0.25, 0.3) is 0 Å². The van der Waals surface area contributed by atoms with Crippen LogP contribution in [-0.4, -0.2) is 85.9 Å². The Morgan fingerprint density at radius 2 is 1.87 bits per heavy atom. The number of ether oxygens (including phenoxy) is 2. The molecule has 0 radical (unpaired) electrons. The summed E-state index contributed by atoms with van der Waals surface area (Å²) in [6.07, 6.45) is 3.44. The van der Waals surface area contributed by atoms with Crippen molar-refractivity contribution in [2.75, 3.05) is 58.3 Å². The summed E-state index contributed by atoms with van der Waals surface area (Å²) in [5.41, 5.74) is 4.45.